The first-order valence-electron chi connectivity index (χ1n) is 10.4. The summed E-state index contributed by atoms with van der Waals surface area (Å²) in [5.74, 6) is 0.372. The minimum Gasteiger partial charge on any atom is -0.381 e. The molecular weight excluding hydrogens is 386 g/mol. The standard InChI is InChI=1S/C21H33N5O4/c1-2-23-21(24-9-3-10-29-14-17-8-11-30-15-17)26-12-16-4-6-18(7-5-16)20(28)25-13-19(22)27/h4-7,17H,2-3,8-15H2,1H3,(H2,22,27)(H,25,28)(H2,23,24,26). The van der Waals surface area contributed by atoms with Gasteiger partial charge in [-0.3, -0.25) is 9.59 Å². The Labute approximate surface area is 177 Å². The van der Waals surface area contributed by atoms with Crippen molar-refractivity contribution in [1.29, 1.82) is 0 Å². The van der Waals surface area contributed by atoms with Crippen LogP contribution in [0.25, 0.3) is 0 Å². The van der Waals surface area contributed by atoms with E-state index in [-0.39, 0.29) is 12.5 Å². The molecule has 5 N–H and O–H groups in total. The molecule has 166 valence electrons. The molecule has 1 aliphatic heterocycles. The minimum absolute atomic E-state index is 0.178. The summed E-state index contributed by atoms with van der Waals surface area (Å²) in [4.78, 5) is 27.2. The fraction of sp³-hybridized carbons (Fsp3) is 0.571. The lowest BCUT2D eigenvalue weighted by molar-refractivity contribution is -0.117. The largest absolute Gasteiger partial charge is 0.381 e. The van der Waals surface area contributed by atoms with E-state index in [0.29, 0.717) is 24.6 Å². The molecule has 1 fully saturated rings. The average molecular weight is 420 g/mol. The van der Waals surface area contributed by atoms with E-state index in [1.165, 1.54) is 0 Å². The van der Waals surface area contributed by atoms with E-state index in [9.17, 15) is 9.59 Å². The number of nitrogens with one attached hydrogen (secondary N) is 3. The van der Waals surface area contributed by atoms with E-state index in [0.717, 1.165) is 57.3 Å². The normalized spacial score (nSPS) is 16.3. The molecule has 2 amide bonds. The van der Waals surface area contributed by atoms with Crippen molar-refractivity contribution in [3.05, 3.63) is 35.4 Å². The highest BCUT2D eigenvalue weighted by Crippen LogP contribution is 2.12. The molecule has 0 radical (unpaired) electrons. The Morgan fingerprint density at radius 2 is 2.03 bits per heavy atom. The molecule has 0 spiro atoms. The number of amides is 2. The Morgan fingerprint density at radius 1 is 1.23 bits per heavy atom. The van der Waals surface area contributed by atoms with Crippen LogP contribution in [-0.2, 0) is 20.8 Å². The lowest BCUT2D eigenvalue weighted by Gasteiger charge is -2.12. The smallest absolute Gasteiger partial charge is 0.251 e. The zero-order valence-corrected chi connectivity index (χ0v) is 17.6. The maximum absolute atomic E-state index is 11.9. The summed E-state index contributed by atoms with van der Waals surface area (Å²) in [7, 11) is 0. The van der Waals surface area contributed by atoms with Gasteiger partial charge in [0.25, 0.3) is 5.91 Å². The first-order valence-corrected chi connectivity index (χ1v) is 10.4. The van der Waals surface area contributed by atoms with E-state index in [1.807, 2.05) is 19.1 Å². The number of hydrogen-bond acceptors (Lipinski definition) is 5. The molecule has 2 rings (SSSR count). The molecule has 0 aliphatic carbocycles. The number of aliphatic imine (C=N–C) groups is 1. The number of carbonyl (C=O) groups excluding carboxylic acids is 2. The van der Waals surface area contributed by atoms with Gasteiger partial charge in [0.2, 0.25) is 5.91 Å². The van der Waals surface area contributed by atoms with Gasteiger partial charge >= 0.3 is 0 Å². The number of guanidine groups is 1. The molecule has 1 atom stereocenters. The average Bonchev–Trinajstić information content (AvgIpc) is 3.26. The highest BCUT2D eigenvalue weighted by Gasteiger charge is 2.15. The van der Waals surface area contributed by atoms with Gasteiger partial charge in [-0.25, -0.2) is 4.99 Å². The summed E-state index contributed by atoms with van der Waals surface area (Å²) in [6.07, 6.45) is 1.99. The molecule has 0 saturated carbocycles. The van der Waals surface area contributed by atoms with Crippen LogP contribution in [0.3, 0.4) is 0 Å². The molecule has 0 bridgehead atoms. The van der Waals surface area contributed by atoms with E-state index in [4.69, 9.17) is 15.2 Å². The SMILES string of the molecule is CCNC(=NCc1ccc(C(=O)NCC(N)=O)cc1)NCCCOCC1CCOC1. The highest BCUT2D eigenvalue weighted by molar-refractivity contribution is 5.96. The third kappa shape index (κ3) is 9.23. The van der Waals surface area contributed by atoms with Crippen LogP contribution in [0.2, 0.25) is 0 Å². The van der Waals surface area contributed by atoms with Gasteiger partial charge in [-0.2, -0.15) is 0 Å². The van der Waals surface area contributed by atoms with Crippen molar-refractivity contribution in [2.75, 3.05) is 46.1 Å². The number of carbonyl (C=O) groups is 2. The third-order valence-corrected chi connectivity index (χ3v) is 4.54. The first kappa shape index (κ1) is 23.6. The van der Waals surface area contributed by atoms with Crippen molar-refractivity contribution < 1.29 is 19.1 Å². The minimum atomic E-state index is -0.576. The van der Waals surface area contributed by atoms with Gasteiger partial charge in [-0.1, -0.05) is 12.1 Å². The third-order valence-electron chi connectivity index (χ3n) is 4.54. The molecule has 1 heterocycles. The lowest BCUT2D eigenvalue weighted by Crippen LogP contribution is -2.38. The second-order valence-corrected chi connectivity index (χ2v) is 7.13. The van der Waals surface area contributed by atoms with Gasteiger partial charge in [0.15, 0.2) is 5.96 Å². The maximum Gasteiger partial charge on any atom is 0.251 e. The summed E-state index contributed by atoms with van der Waals surface area (Å²) in [5, 5.41) is 8.98. The van der Waals surface area contributed by atoms with Crippen molar-refractivity contribution in [3.8, 4) is 0 Å². The summed E-state index contributed by atoms with van der Waals surface area (Å²) in [6.45, 7) is 7.00. The van der Waals surface area contributed by atoms with Gasteiger partial charge in [-0.15, -0.1) is 0 Å². The van der Waals surface area contributed by atoms with Crippen LogP contribution in [0.1, 0.15) is 35.7 Å². The second-order valence-electron chi connectivity index (χ2n) is 7.13. The molecule has 1 aliphatic rings. The van der Waals surface area contributed by atoms with E-state index >= 15 is 0 Å². The predicted molar refractivity (Wildman–Crippen MR) is 115 cm³/mol. The van der Waals surface area contributed by atoms with Crippen LogP contribution in [0, 0.1) is 5.92 Å². The van der Waals surface area contributed by atoms with Crippen molar-refractivity contribution >= 4 is 17.8 Å². The molecule has 1 saturated heterocycles. The zero-order chi connectivity index (χ0) is 21.6. The van der Waals surface area contributed by atoms with Crippen LogP contribution < -0.4 is 21.7 Å². The van der Waals surface area contributed by atoms with Crippen molar-refractivity contribution in [2.45, 2.75) is 26.3 Å². The highest BCUT2D eigenvalue weighted by atomic mass is 16.5. The first-order chi connectivity index (χ1) is 14.6. The Hall–Kier alpha value is -2.65. The van der Waals surface area contributed by atoms with Crippen LogP contribution in [-0.4, -0.2) is 63.8 Å². The van der Waals surface area contributed by atoms with E-state index in [2.05, 4.69) is 20.9 Å². The summed E-state index contributed by atoms with van der Waals surface area (Å²) >= 11 is 0. The molecule has 1 unspecified atom stereocenters. The number of rotatable bonds is 12. The number of primary amides is 1. The Balaban J connectivity index is 1.70. The quantitative estimate of drug-likeness (QED) is 0.221. The maximum atomic E-state index is 11.9. The molecule has 0 aromatic heterocycles. The molecule has 30 heavy (non-hydrogen) atoms. The fourth-order valence-electron chi connectivity index (χ4n) is 2.89. The second kappa shape index (κ2) is 13.6. The van der Waals surface area contributed by atoms with Gasteiger partial charge in [0, 0.05) is 37.8 Å². The summed E-state index contributed by atoms with van der Waals surface area (Å²) in [5.41, 5.74) is 6.47. The topological polar surface area (TPSA) is 127 Å². The van der Waals surface area contributed by atoms with E-state index in [1.54, 1.807) is 12.1 Å². The number of nitrogens with two attached hydrogens (primary N) is 1. The Kier molecular flexibility index (Phi) is 10.7. The summed E-state index contributed by atoms with van der Waals surface area (Å²) in [6, 6.07) is 7.09. The molecule has 9 heteroatoms. The van der Waals surface area contributed by atoms with E-state index < -0.39 is 5.91 Å². The number of hydrogen-bond donors (Lipinski definition) is 4. The fourth-order valence-corrected chi connectivity index (χ4v) is 2.89. The Bertz CT molecular complexity index is 687. The van der Waals surface area contributed by atoms with Crippen LogP contribution in [0.5, 0.6) is 0 Å². The number of nitrogens with zero attached hydrogens (tertiary/aromatic N) is 1. The molecular formula is C21H33N5O4. The molecule has 1 aromatic carbocycles. The molecule has 9 nitrogen and oxygen atoms in total. The molecule has 1 aromatic rings. The number of benzene rings is 1. The zero-order valence-electron chi connectivity index (χ0n) is 17.6. The van der Waals surface area contributed by atoms with Gasteiger partial charge in [0.05, 0.1) is 26.3 Å². The Morgan fingerprint density at radius 3 is 2.70 bits per heavy atom. The monoisotopic (exact) mass is 419 g/mol. The van der Waals surface area contributed by atoms with Crippen LogP contribution in [0.4, 0.5) is 0 Å². The van der Waals surface area contributed by atoms with Gasteiger partial charge in [0.1, 0.15) is 0 Å². The van der Waals surface area contributed by atoms with Crippen LogP contribution in [0.15, 0.2) is 29.3 Å². The van der Waals surface area contributed by atoms with Gasteiger partial charge in [-0.05, 0) is 37.5 Å². The predicted octanol–water partition coefficient (Wildman–Crippen LogP) is 0.400. The van der Waals surface area contributed by atoms with Crippen LogP contribution >= 0.6 is 0 Å². The van der Waals surface area contributed by atoms with Crippen molar-refractivity contribution in [2.24, 2.45) is 16.6 Å². The lowest BCUT2D eigenvalue weighted by atomic mass is 10.1. The number of ether oxygens (including phenoxy) is 2. The summed E-state index contributed by atoms with van der Waals surface area (Å²) < 4.78 is 11.1. The van der Waals surface area contributed by atoms with Crippen molar-refractivity contribution in [1.82, 2.24) is 16.0 Å². The van der Waals surface area contributed by atoms with Gasteiger partial charge < -0.3 is 31.2 Å². The van der Waals surface area contributed by atoms with Crippen molar-refractivity contribution in [3.63, 3.8) is 0 Å².